The van der Waals surface area contributed by atoms with Crippen LogP contribution in [-0.4, -0.2) is 31.4 Å². The van der Waals surface area contributed by atoms with Crippen LogP contribution in [0.5, 0.6) is 5.75 Å². The predicted octanol–water partition coefficient (Wildman–Crippen LogP) is 5.90. The Hall–Kier alpha value is -3.88. The molecule has 5 rings (SSSR count). The highest BCUT2D eigenvalue weighted by atomic mass is 19.4. The molecule has 0 amide bonds. The Morgan fingerprint density at radius 2 is 1.94 bits per heavy atom. The predicted molar refractivity (Wildman–Crippen MR) is 126 cm³/mol. The summed E-state index contributed by atoms with van der Waals surface area (Å²) < 4.78 is 50.1. The highest BCUT2D eigenvalue weighted by molar-refractivity contribution is 5.69. The first-order valence-electron chi connectivity index (χ1n) is 11.3. The third kappa shape index (κ3) is 4.58. The van der Waals surface area contributed by atoms with Crippen LogP contribution >= 0.6 is 0 Å². The van der Waals surface area contributed by atoms with Gasteiger partial charge in [0.1, 0.15) is 11.6 Å². The van der Waals surface area contributed by atoms with Crippen molar-refractivity contribution in [3.63, 3.8) is 0 Å². The van der Waals surface area contributed by atoms with Gasteiger partial charge in [-0.2, -0.15) is 18.3 Å². The second-order valence-electron chi connectivity index (χ2n) is 8.52. The number of ether oxygens (including phenoxy) is 1. The zero-order valence-electron chi connectivity index (χ0n) is 19.3. The molecule has 0 saturated heterocycles. The summed E-state index contributed by atoms with van der Waals surface area (Å²) in [5, 5.41) is 4.54. The quantitative estimate of drug-likeness (QED) is 0.358. The van der Waals surface area contributed by atoms with Crippen molar-refractivity contribution >= 4 is 12.2 Å². The molecule has 2 aromatic heterocycles. The Morgan fingerprint density at radius 3 is 2.69 bits per heavy atom. The van der Waals surface area contributed by atoms with Gasteiger partial charge in [0, 0.05) is 18.7 Å². The molecule has 1 aliphatic rings. The molecule has 0 fully saturated rings. The molecule has 0 unspecified atom stereocenters. The van der Waals surface area contributed by atoms with E-state index in [2.05, 4.69) is 15.1 Å². The topological polar surface area (TPSA) is 57.8 Å². The van der Waals surface area contributed by atoms with Crippen LogP contribution in [0, 0.1) is 6.92 Å². The lowest BCUT2D eigenvalue weighted by atomic mass is 9.88. The third-order valence-corrected chi connectivity index (χ3v) is 6.15. The number of rotatable bonds is 5. The van der Waals surface area contributed by atoms with Crippen molar-refractivity contribution in [2.45, 2.75) is 38.4 Å². The van der Waals surface area contributed by atoms with Gasteiger partial charge in [-0.25, -0.2) is 14.6 Å². The number of aryl methyl sites for hydroxylation is 2. The zero-order chi connectivity index (χ0) is 24.6. The van der Waals surface area contributed by atoms with Crippen molar-refractivity contribution < 1.29 is 17.9 Å². The average molecular weight is 480 g/mol. The maximum absolute atomic E-state index is 13.6. The molecule has 4 aromatic rings. The summed E-state index contributed by atoms with van der Waals surface area (Å²) in [4.78, 5) is 8.87. The molecule has 1 aliphatic heterocycles. The van der Waals surface area contributed by atoms with Crippen molar-refractivity contribution in [1.29, 1.82) is 0 Å². The number of fused-ring (bicyclic) bond motifs is 1. The smallest absolute Gasteiger partial charge is 0.416 e. The van der Waals surface area contributed by atoms with E-state index < -0.39 is 17.7 Å². The van der Waals surface area contributed by atoms with Gasteiger partial charge in [0.25, 0.3) is 0 Å². The monoisotopic (exact) mass is 479 g/mol. The summed E-state index contributed by atoms with van der Waals surface area (Å²) in [6.45, 7) is 2.55. The lowest BCUT2D eigenvalue weighted by Crippen LogP contribution is -2.21. The van der Waals surface area contributed by atoms with E-state index in [1.165, 1.54) is 6.07 Å². The molecule has 35 heavy (non-hydrogen) atoms. The summed E-state index contributed by atoms with van der Waals surface area (Å²) in [5.74, 6) is 1.26. The Morgan fingerprint density at radius 1 is 1.11 bits per heavy atom. The molecule has 1 atom stereocenters. The SMILES string of the molecule is COc1cc(/C=C/c2nc3n(n2)CCC[C@H]3c2ccccc2C(F)(F)F)ccc1-n1cnc(C)c1. The number of nitrogens with zero attached hydrogens (tertiary/aromatic N) is 5. The molecular formula is C26H24F3N5O. The molecule has 0 radical (unpaired) electrons. The molecular weight excluding hydrogens is 455 g/mol. The van der Waals surface area contributed by atoms with Crippen LogP contribution in [0.1, 0.15) is 52.8 Å². The van der Waals surface area contributed by atoms with Crippen LogP contribution in [0.2, 0.25) is 0 Å². The van der Waals surface area contributed by atoms with Crippen molar-refractivity contribution in [3.05, 3.63) is 89.0 Å². The van der Waals surface area contributed by atoms with E-state index in [-0.39, 0.29) is 5.56 Å². The van der Waals surface area contributed by atoms with Gasteiger partial charge in [-0.1, -0.05) is 30.3 Å². The van der Waals surface area contributed by atoms with E-state index >= 15 is 0 Å². The first-order chi connectivity index (χ1) is 16.8. The fourth-order valence-electron chi connectivity index (χ4n) is 4.53. The maximum atomic E-state index is 13.6. The van der Waals surface area contributed by atoms with E-state index in [4.69, 9.17) is 4.74 Å². The minimum atomic E-state index is -4.41. The van der Waals surface area contributed by atoms with E-state index in [1.807, 2.05) is 42.0 Å². The molecule has 9 heteroatoms. The summed E-state index contributed by atoms with van der Waals surface area (Å²) in [6, 6.07) is 11.5. The summed E-state index contributed by atoms with van der Waals surface area (Å²) in [5.41, 5.74) is 2.29. The summed E-state index contributed by atoms with van der Waals surface area (Å²) in [6.07, 6.45) is 4.21. The number of alkyl halides is 3. The minimum Gasteiger partial charge on any atom is -0.495 e. The van der Waals surface area contributed by atoms with Gasteiger partial charge in [0.2, 0.25) is 0 Å². The molecule has 0 N–H and O–H groups in total. The van der Waals surface area contributed by atoms with Crippen LogP contribution in [0.4, 0.5) is 13.2 Å². The van der Waals surface area contributed by atoms with Gasteiger partial charge >= 0.3 is 6.18 Å². The number of hydrogen-bond acceptors (Lipinski definition) is 4. The van der Waals surface area contributed by atoms with Gasteiger partial charge < -0.3 is 9.30 Å². The Balaban J connectivity index is 1.43. The van der Waals surface area contributed by atoms with Crippen LogP contribution in [-0.2, 0) is 12.7 Å². The average Bonchev–Trinajstić information content (AvgIpc) is 3.47. The van der Waals surface area contributed by atoms with Crippen molar-refractivity contribution in [3.8, 4) is 11.4 Å². The Labute approximate surface area is 200 Å². The number of benzene rings is 2. The fourth-order valence-corrected chi connectivity index (χ4v) is 4.53. The highest BCUT2D eigenvalue weighted by Gasteiger charge is 2.37. The molecule has 0 bridgehead atoms. The standard InChI is InChI=1S/C26H24F3N5O/c1-17-15-33(16-30-17)22-11-9-18(14-23(22)35-2)10-12-24-31-25-20(7-5-13-34(25)32-24)19-6-3-4-8-21(19)26(27,28)29/h3-4,6,8-12,14-16,20H,5,7,13H2,1-2H3/b12-10+/t20-/m0/s1. The molecule has 2 aromatic carbocycles. The maximum Gasteiger partial charge on any atom is 0.416 e. The van der Waals surface area contributed by atoms with Crippen molar-refractivity contribution in [2.75, 3.05) is 7.11 Å². The van der Waals surface area contributed by atoms with Crippen LogP contribution in [0.15, 0.2) is 55.0 Å². The Kier molecular flexibility index (Phi) is 5.92. The van der Waals surface area contributed by atoms with Crippen LogP contribution in [0.25, 0.3) is 17.8 Å². The minimum absolute atomic E-state index is 0.249. The summed E-state index contributed by atoms with van der Waals surface area (Å²) >= 11 is 0. The van der Waals surface area contributed by atoms with Gasteiger partial charge in [-0.3, -0.25) is 0 Å². The zero-order valence-corrected chi connectivity index (χ0v) is 19.3. The van der Waals surface area contributed by atoms with E-state index in [9.17, 15) is 13.2 Å². The van der Waals surface area contributed by atoms with Gasteiger partial charge in [-0.05, 0) is 55.2 Å². The molecule has 180 valence electrons. The van der Waals surface area contributed by atoms with E-state index in [1.54, 1.807) is 36.3 Å². The highest BCUT2D eigenvalue weighted by Crippen LogP contribution is 2.40. The largest absolute Gasteiger partial charge is 0.495 e. The second-order valence-corrected chi connectivity index (χ2v) is 8.52. The summed E-state index contributed by atoms with van der Waals surface area (Å²) in [7, 11) is 1.61. The molecule has 6 nitrogen and oxygen atoms in total. The van der Waals surface area contributed by atoms with Gasteiger partial charge in [-0.15, -0.1) is 0 Å². The number of halogens is 3. The lowest BCUT2D eigenvalue weighted by Gasteiger charge is -2.25. The normalized spacial score (nSPS) is 16.0. The molecule has 0 aliphatic carbocycles. The van der Waals surface area contributed by atoms with Gasteiger partial charge in [0.15, 0.2) is 5.82 Å². The first kappa shape index (κ1) is 22.9. The molecule has 3 heterocycles. The van der Waals surface area contributed by atoms with Crippen LogP contribution < -0.4 is 4.74 Å². The molecule has 0 saturated carbocycles. The van der Waals surface area contributed by atoms with Gasteiger partial charge in [0.05, 0.1) is 30.4 Å². The second kappa shape index (κ2) is 9.05. The van der Waals surface area contributed by atoms with Crippen molar-refractivity contribution in [2.24, 2.45) is 0 Å². The van der Waals surface area contributed by atoms with E-state index in [0.29, 0.717) is 30.4 Å². The van der Waals surface area contributed by atoms with Crippen molar-refractivity contribution in [1.82, 2.24) is 24.3 Å². The third-order valence-electron chi connectivity index (χ3n) is 6.15. The number of imidazole rings is 1. The van der Waals surface area contributed by atoms with Crippen LogP contribution in [0.3, 0.4) is 0 Å². The Bertz CT molecular complexity index is 1390. The van der Waals surface area contributed by atoms with E-state index in [0.717, 1.165) is 29.4 Å². The number of hydrogen-bond donors (Lipinski definition) is 0. The number of methoxy groups -OCH3 is 1. The first-order valence-corrected chi connectivity index (χ1v) is 11.3. The fraction of sp³-hybridized carbons (Fsp3) is 0.269. The lowest BCUT2D eigenvalue weighted by molar-refractivity contribution is -0.138. The molecule has 0 spiro atoms. The number of aromatic nitrogens is 5.